The van der Waals surface area contributed by atoms with Crippen LogP contribution in [0.2, 0.25) is 0 Å². The molecular formula is C34H28FN3O7S. The third kappa shape index (κ3) is 5.30. The zero-order chi connectivity index (χ0) is 32.7. The summed E-state index contributed by atoms with van der Waals surface area (Å²) in [5, 5.41) is 0. The smallest absolute Gasteiger partial charge is 0.338 e. The molecule has 1 amide bonds. The summed E-state index contributed by atoms with van der Waals surface area (Å²) < 4.78 is 31.2. The van der Waals surface area contributed by atoms with E-state index in [1.807, 2.05) is 0 Å². The lowest BCUT2D eigenvalue weighted by molar-refractivity contribution is -0.139. The first-order valence-electron chi connectivity index (χ1n) is 14.4. The van der Waals surface area contributed by atoms with Gasteiger partial charge in [-0.2, -0.15) is 0 Å². The summed E-state index contributed by atoms with van der Waals surface area (Å²) in [4.78, 5) is 60.0. The molecule has 3 aromatic carbocycles. The monoisotopic (exact) mass is 641 g/mol. The second-order valence-corrected chi connectivity index (χ2v) is 11.5. The molecule has 0 fully saturated rings. The Hall–Kier alpha value is -5.36. The van der Waals surface area contributed by atoms with Crippen molar-refractivity contribution in [1.82, 2.24) is 4.57 Å². The molecule has 2 aliphatic rings. The standard InChI is InChI=1S/C34H28FN3O7S/c1-5-44-33(42)27-18(2)36-34-38(29(27)21-12-15-25(45-19(3)39)26(16-21)43-4)32(41)30(46-34)28-23-8-6-7-9-24(23)37(31(28)40)17-20-10-13-22(35)14-11-20/h6-16,29H,5,17H2,1-4H3/b30-28-. The van der Waals surface area contributed by atoms with Gasteiger partial charge in [-0.05, 0) is 55.3 Å². The van der Waals surface area contributed by atoms with Gasteiger partial charge in [0.2, 0.25) is 0 Å². The van der Waals surface area contributed by atoms with Crippen molar-refractivity contribution < 1.29 is 33.0 Å². The largest absolute Gasteiger partial charge is 0.493 e. The molecule has 234 valence electrons. The Morgan fingerprint density at radius 2 is 1.76 bits per heavy atom. The number of fused-ring (bicyclic) bond motifs is 2. The predicted octanol–water partition coefficient (Wildman–Crippen LogP) is 3.79. The van der Waals surface area contributed by atoms with E-state index in [0.29, 0.717) is 28.1 Å². The summed E-state index contributed by atoms with van der Waals surface area (Å²) in [5.74, 6) is -1.58. The Balaban J connectivity index is 1.56. The van der Waals surface area contributed by atoms with E-state index >= 15 is 0 Å². The summed E-state index contributed by atoms with van der Waals surface area (Å²) in [7, 11) is 1.41. The van der Waals surface area contributed by atoms with Gasteiger partial charge in [0, 0.05) is 12.5 Å². The lowest BCUT2D eigenvalue weighted by atomic mass is 9.95. The number of benzene rings is 3. The third-order valence-electron chi connectivity index (χ3n) is 7.65. The fourth-order valence-electron chi connectivity index (χ4n) is 5.68. The molecule has 1 aromatic heterocycles. The van der Waals surface area contributed by atoms with Gasteiger partial charge in [-0.25, -0.2) is 14.2 Å². The molecule has 0 aliphatic carbocycles. The van der Waals surface area contributed by atoms with Gasteiger partial charge in [0.15, 0.2) is 16.3 Å². The number of carbonyl (C=O) groups is 3. The molecule has 4 aromatic rings. The van der Waals surface area contributed by atoms with Crippen LogP contribution in [0.5, 0.6) is 11.5 Å². The van der Waals surface area contributed by atoms with E-state index in [0.717, 1.165) is 11.3 Å². The zero-order valence-electron chi connectivity index (χ0n) is 25.3. The Morgan fingerprint density at radius 3 is 2.46 bits per heavy atom. The number of rotatable bonds is 7. The molecule has 1 atom stereocenters. The van der Waals surface area contributed by atoms with E-state index in [-0.39, 0.29) is 56.9 Å². The molecule has 46 heavy (non-hydrogen) atoms. The van der Waals surface area contributed by atoms with Crippen LogP contribution in [-0.2, 0) is 25.7 Å². The highest BCUT2D eigenvalue weighted by molar-refractivity contribution is 7.07. The number of ether oxygens (including phenoxy) is 3. The van der Waals surface area contributed by atoms with Crippen molar-refractivity contribution in [2.24, 2.45) is 4.99 Å². The van der Waals surface area contributed by atoms with Gasteiger partial charge in [-0.1, -0.05) is 47.7 Å². The van der Waals surface area contributed by atoms with Gasteiger partial charge >= 0.3 is 11.9 Å². The Morgan fingerprint density at radius 1 is 1.02 bits per heavy atom. The van der Waals surface area contributed by atoms with E-state index in [2.05, 4.69) is 4.99 Å². The summed E-state index contributed by atoms with van der Waals surface area (Å²) in [6.45, 7) is 4.87. The molecule has 0 saturated carbocycles. The topological polar surface area (TPSA) is 117 Å². The predicted molar refractivity (Wildman–Crippen MR) is 168 cm³/mol. The number of hydrogen-bond acceptors (Lipinski definition) is 9. The molecular weight excluding hydrogens is 613 g/mol. The number of para-hydroxylation sites is 1. The molecule has 1 unspecified atom stereocenters. The number of amides is 1. The number of anilines is 1. The zero-order valence-corrected chi connectivity index (χ0v) is 26.1. The quantitative estimate of drug-likeness (QED) is 0.223. The molecule has 3 heterocycles. The lowest BCUT2D eigenvalue weighted by Crippen LogP contribution is -2.41. The number of halogens is 1. The SMILES string of the molecule is CCOC(=O)C1=C(C)N=c2s/c(=C3\C(=O)N(Cc4ccc(F)cc4)c4ccccc43)c(=O)n2C1c1ccc(OC(C)=O)c(OC)c1. The number of allylic oxidation sites excluding steroid dienone is 1. The Labute approximate surface area is 266 Å². The molecule has 0 radical (unpaired) electrons. The normalized spacial score (nSPS) is 16.5. The Bertz CT molecular complexity index is 2130. The summed E-state index contributed by atoms with van der Waals surface area (Å²) in [5.41, 5.74) is 2.56. The average molecular weight is 642 g/mol. The molecule has 0 N–H and O–H groups in total. The van der Waals surface area contributed by atoms with Gasteiger partial charge in [0.25, 0.3) is 11.5 Å². The molecule has 10 nitrogen and oxygen atoms in total. The number of esters is 2. The van der Waals surface area contributed by atoms with Crippen LogP contribution in [-0.4, -0.2) is 36.1 Å². The minimum absolute atomic E-state index is 0.0980. The number of thiazole rings is 1. The molecule has 12 heteroatoms. The molecule has 0 bridgehead atoms. The van der Waals surface area contributed by atoms with Crippen molar-refractivity contribution in [2.75, 3.05) is 18.6 Å². The van der Waals surface area contributed by atoms with Gasteiger partial charge in [-0.3, -0.25) is 19.0 Å². The number of nitrogens with zero attached hydrogens (tertiary/aromatic N) is 3. The van der Waals surface area contributed by atoms with Crippen molar-refractivity contribution >= 4 is 40.4 Å². The van der Waals surface area contributed by atoms with Crippen LogP contribution in [0.15, 0.2) is 87.8 Å². The highest BCUT2D eigenvalue weighted by Gasteiger charge is 2.37. The molecule has 0 spiro atoms. The van der Waals surface area contributed by atoms with E-state index in [4.69, 9.17) is 14.2 Å². The number of methoxy groups -OCH3 is 1. The average Bonchev–Trinajstić information content (AvgIpc) is 3.49. The second kappa shape index (κ2) is 12.2. The fourth-order valence-corrected chi connectivity index (χ4v) is 6.82. The van der Waals surface area contributed by atoms with E-state index in [9.17, 15) is 23.6 Å². The fraction of sp³-hybridized carbons (Fsp3) is 0.206. The minimum Gasteiger partial charge on any atom is -0.493 e. The van der Waals surface area contributed by atoms with Crippen molar-refractivity contribution in [1.29, 1.82) is 0 Å². The van der Waals surface area contributed by atoms with Crippen LogP contribution in [0.4, 0.5) is 10.1 Å². The van der Waals surface area contributed by atoms with E-state index in [1.54, 1.807) is 67.3 Å². The van der Waals surface area contributed by atoms with Crippen LogP contribution in [0.1, 0.15) is 43.5 Å². The van der Waals surface area contributed by atoms with Crippen LogP contribution in [0.25, 0.3) is 5.57 Å². The van der Waals surface area contributed by atoms with E-state index in [1.165, 1.54) is 36.8 Å². The summed E-state index contributed by atoms with van der Waals surface area (Å²) in [6.07, 6.45) is 0. The summed E-state index contributed by atoms with van der Waals surface area (Å²) >= 11 is 1.05. The van der Waals surface area contributed by atoms with Gasteiger partial charge in [0.05, 0.1) is 48.8 Å². The summed E-state index contributed by atoms with van der Waals surface area (Å²) in [6, 6.07) is 16.8. The van der Waals surface area contributed by atoms with Crippen LogP contribution in [0.3, 0.4) is 0 Å². The maximum absolute atomic E-state index is 14.4. The van der Waals surface area contributed by atoms with Gasteiger partial charge in [0.1, 0.15) is 10.3 Å². The first kappa shape index (κ1) is 30.7. The second-order valence-electron chi connectivity index (χ2n) is 10.5. The third-order valence-corrected chi connectivity index (χ3v) is 8.71. The lowest BCUT2D eigenvalue weighted by Gasteiger charge is -2.25. The molecule has 6 rings (SSSR count). The molecule has 2 aliphatic heterocycles. The Kier molecular flexibility index (Phi) is 8.13. The van der Waals surface area contributed by atoms with Crippen LogP contribution >= 0.6 is 11.3 Å². The highest BCUT2D eigenvalue weighted by Crippen LogP contribution is 2.38. The van der Waals surface area contributed by atoms with E-state index < -0.39 is 23.5 Å². The van der Waals surface area contributed by atoms with Crippen LogP contribution < -0.4 is 29.3 Å². The van der Waals surface area contributed by atoms with Crippen molar-refractivity contribution in [3.05, 3.63) is 120 Å². The first-order valence-corrected chi connectivity index (χ1v) is 15.2. The van der Waals surface area contributed by atoms with Crippen molar-refractivity contribution in [3.8, 4) is 11.5 Å². The number of aromatic nitrogens is 1. The molecule has 0 saturated heterocycles. The maximum Gasteiger partial charge on any atom is 0.338 e. The highest BCUT2D eigenvalue weighted by atomic mass is 32.1. The minimum atomic E-state index is -0.994. The van der Waals surface area contributed by atoms with Gasteiger partial charge < -0.3 is 19.1 Å². The number of hydrogen-bond donors (Lipinski definition) is 0. The maximum atomic E-state index is 14.4. The van der Waals surface area contributed by atoms with Crippen LogP contribution in [0, 0.1) is 5.82 Å². The first-order chi connectivity index (χ1) is 22.1. The number of carbonyl (C=O) groups excluding carboxylic acids is 3. The van der Waals surface area contributed by atoms with Crippen molar-refractivity contribution in [2.45, 2.75) is 33.4 Å². The van der Waals surface area contributed by atoms with Crippen molar-refractivity contribution in [3.63, 3.8) is 0 Å². The van der Waals surface area contributed by atoms with Gasteiger partial charge in [-0.15, -0.1) is 0 Å².